The summed E-state index contributed by atoms with van der Waals surface area (Å²) >= 11 is 0. The van der Waals surface area contributed by atoms with Gasteiger partial charge in [0.2, 0.25) is 0 Å². The minimum absolute atomic E-state index is 0. The van der Waals surface area contributed by atoms with Gasteiger partial charge in [-0.3, -0.25) is 9.97 Å². The largest absolute Gasteiger partial charge is 3.00 e. The number of nitrogens with zero attached hydrogens (tertiary/aromatic N) is 5. The molecule has 0 amide bonds. The molecular weight excluding hydrogens is 1090 g/mol. The van der Waals surface area contributed by atoms with Crippen molar-refractivity contribution in [1.29, 1.82) is 0 Å². The van der Waals surface area contributed by atoms with Gasteiger partial charge in [0.25, 0.3) is 0 Å². The SMILES string of the molecule is Cc1cc(C2(Cc3cc(CC4(c5cnc(-c6[c-]cccn6)c(C)c5)CCCC4)cc(-c4ccccc4-c4cnc(-c5[c-]cccc5)cc4-c4ccc(-c5ccccc5)cc4)c3)CCCC2)cnc1-c1[c-]cccn1.[Ir+3]. The second kappa shape index (κ2) is 21.8. The molecule has 5 aromatic carbocycles. The van der Waals surface area contributed by atoms with Gasteiger partial charge in [0.15, 0.2) is 0 Å². The molecule has 2 aliphatic rings. The summed E-state index contributed by atoms with van der Waals surface area (Å²) in [6.07, 6.45) is 21.2. The van der Waals surface area contributed by atoms with Crippen LogP contribution in [0, 0.1) is 32.0 Å². The van der Waals surface area contributed by atoms with Crippen LogP contribution in [0.4, 0.5) is 0 Å². The third kappa shape index (κ3) is 10.2. The third-order valence-corrected chi connectivity index (χ3v) is 16.0. The van der Waals surface area contributed by atoms with Gasteiger partial charge in [-0.1, -0.05) is 152 Å². The number of rotatable bonds is 13. The fourth-order valence-electron chi connectivity index (χ4n) is 12.3. The van der Waals surface area contributed by atoms with Gasteiger partial charge < -0.3 is 15.0 Å². The Morgan fingerprint density at radius 1 is 0.413 bits per heavy atom. The Labute approximate surface area is 456 Å². The number of aromatic nitrogens is 5. The third-order valence-electron chi connectivity index (χ3n) is 16.0. The molecule has 0 atom stereocenters. The maximum atomic E-state index is 5.18. The van der Waals surface area contributed by atoms with Crippen LogP contribution < -0.4 is 0 Å². The van der Waals surface area contributed by atoms with E-state index in [-0.39, 0.29) is 30.9 Å². The molecule has 0 unspecified atom stereocenters. The normalized spacial score (nSPS) is 14.6. The first kappa shape index (κ1) is 49.7. The van der Waals surface area contributed by atoms with Crippen molar-refractivity contribution in [2.24, 2.45) is 0 Å². The van der Waals surface area contributed by atoms with Crippen LogP contribution in [0.1, 0.15) is 84.7 Å². The molecule has 6 heteroatoms. The van der Waals surface area contributed by atoms with Gasteiger partial charge in [-0.05, 0) is 154 Å². The van der Waals surface area contributed by atoms with E-state index in [2.05, 4.69) is 188 Å². The molecule has 12 rings (SSSR count). The molecule has 5 nitrogen and oxygen atoms in total. The summed E-state index contributed by atoms with van der Waals surface area (Å²) in [7, 11) is 0. The number of hydrogen-bond acceptors (Lipinski definition) is 5. The van der Waals surface area contributed by atoms with Crippen LogP contribution in [-0.4, -0.2) is 24.9 Å². The molecule has 2 saturated carbocycles. The van der Waals surface area contributed by atoms with Gasteiger partial charge in [-0.15, -0.1) is 48.0 Å². The zero-order valence-electron chi connectivity index (χ0n) is 42.6. The average Bonchev–Trinajstić information content (AvgIpc) is 4.15. The summed E-state index contributed by atoms with van der Waals surface area (Å²) in [6.45, 7) is 4.35. The van der Waals surface area contributed by atoms with Crippen molar-refractivity contribution in [3.63, 3.8) is 0 Å². The molecule has 0 radical (unpaired) electrons. The molecule has 75 heavy (non-hydrogen) atoms. The number of benzene rings is 5. The van der Waals surface area contributed by atoms with E-state index in [1.165, 1.54) is 70.2 Å². The number of aryl methyl sites for hydroxylation is 2. The van der Waals surface area contributed by atoms with Crippen LogP contribution in [0.3, 0.4) is 0 Å². The van der Waals surface area contributed by atoms with Crippen molar-refractivity contribution in [2.45, 2.75) is 88.9 Å². The summed E-state index contributed by atoms with van der Waals surface area (Å²) < 4.78 is 0. The first-order valence-corrected chi connectivity index (χ1v) is 26.4. The fourth-order valence-corrected chi connectivity index (χ4v) is 12.3. The number of hydrogen-bond donors (Lipinski definition) is 0. The van der Waals surface area contributed by atoms with E-state index in [9.17, 15) is 0 Å². The van der Waals surface area contributed by atoms with Gasteiger partial charge in [0.1, 0.15) is 0 Å². The van der Waals surface area contributed by atoms with Crippen molar-refractivity contribution in [1.82, 2.24) is 24.9 Å². The minimum Gasteiger partial charge on any atom is -0.318 e. The van der Waals surface area contributed by atoms with Crippen LogP contribution in [0.5, 0.6) is 0 Å². The fraction of sp³-hybridized carbons (Fsp3) is 0.203. The average molecular weight is 1150 g/mol. The first-order valence-electron chi connectivity index (χ1n) is 26.4. The van der Waals surface area contributed by atoms with E-state index in [0.29, 0.717) is 0 Å². The zero-order chi connectivity index (χ0) is 49.9. The Morgan fingerprint density at radius 3 is 1.47 bits per heavy atom. The molecule has 10 aromatic rings. The van der Waals surface area contributed by atoms with E-state index >= 15 is 0 Å². The Kier molecular flexibility index (Phi) is 14.4. The summed E-state index contributed by atoms with van der Waals surface area (Å²) in [5.74, 6) is 0. The van der Waals surface area contributed by atoms with Gasteiger partial charge >= 0.3 is 20.1 Å². The van der Waals surface area contributed by atoms with Crippen molar-refractivity contribution in [3.8, 4) is 78.5 Å². The van der Waals surface area contributed by atoms with Gasteiger partial charge in [-0.2, -0.15) is 24.3 Å². The van der Waals surface area contributed by atoms with E-state index in [1.807, 2.05) is 48.8 Å². The summed E-state index contributed by atoms with van der Waals surface area (Å²) in [5, 5.41) is 0. The maximum Gasteiger partial charge on any atom is 3.00 e. The topological polar surface area (TPSA) is 64.5 Å². The smallest absolute Gasteiger partial charge is 0.318 e. The quantitative estimate of drug-likeness (QED) is 0.108. The van der Waals surface area contributed by atoms with Crippen molar-refractivity contribution < 1.29 is 20.1 Å². The van der Waals surface area contributed by atoms with E-state index < -0.39 is 0 Å². The standard InChI is InChI=1S/C69H58N5.Ir/c1-48-37-57(45-73-66(48)63-25-11-17-35-70-63)68(31-13-14-32-68)43-50-39-51(44-69(33-15-16-34-69)58-38-49(2)67(74-46-58)64-26-12-18-36-71-64)41-56(40-50)59-23-9-10-24-60(59)62-47-72-65(55-21-7-4-8-22-55)42-61(62)54-29-27-53(28-30-54)52-19-5-3-6-20-52;/h3-12,17-21,23-24,27-30,35-42,45-47H,13-16,31-34,43-44H2,1-2H3;/q-3;+3. The molecule has 5 aromatic heterocycles. The second-order valence-electron chi connectivity index (χ2n) is 20.8. The van der Waals surface area contributed by atoms with Crippen molar-refractivity contribution >= 4 is 0 Å². The number of pyridine rings is 5. The van der Waals surface area contributed by atoms with Crippen molar-refractivity contribution in [3.05, 3.63) is 246 Å². The van der Waals surface area contributed by atoms with Gasteiger partial charge in [0.05, 0.1) is 0 Å². The zero-order valence-corrected chi connectivity index (χ0v) is 45.0. The first-order chi connectivity index (χ1) is 36.4. The molecule has 2 fully saturated rings. The van der Waals surface area contributed by atoms with Crippen LogP contribution in [-0.2, 0) is 43.8 Å². The Balaban J connectivity index is 0.00000602. The van der Waals surface area contributed by atoms with Crippen molar-refractivity contribution in [2.75, 3.05) is 0 Å². The molecule has 5 heterocycles. The Morgan fingerprint density at radius 2 is 0.933 bits per heavy atom. The van der Waals surface area contributed by atoms with Crippen LogP contribution in [0.15, 0.2) is 195 Å². The molecule has 0 saturated heterocycles. The second-order valence-corrected chi connectivity index (χ2v) is 20.8. The molecule has 368 valence electrons. The maximum absolute atomic E-state index is 5.18. The van der Waals surface area contributed by atoms with Gasteiger partial charge in [0, 0.05) is 35.0 Å². The van der Waals surface area contributed by atoms with Gasteiger partial charge in [-0.25, -0.2) is 0 Å². The van der Waals surface area contributed by atoms with Crippen LogP contribution >= 0.6 is 0 Å². The minimum atomic E-state index is -0.0444. The summed E-state index contributed by atoms with van der Waals surface area (Å²) in [5.41, 5.74) is 22.2. The molecular formula is C69H58IrN5. The van der Waals surface area contributed by atoms with E-state index in [0.717, 1.165) is 106 Å². The molecule has 0 N–H and O–H groups in total. The predicted molar refractivity (Wildman–Crippen MR) is 300 cm³/mol. The molecule has 0 bridgehead atoms. The molecule has 2 aliphatic carbocycles. The van der Waals surface area contributed by atoms with Crippen LogP contribution in [0.2, 0.25) is 0 Å². The predicted octanol–water partition coefficient (Wildman–Crippen LogP) is 16.5. The Hall–Kier alpha value is -7.50. The Bertz CT molecular complexity index is 3440. The molecule has 0 spiro atoms. The summed E-state index contributed by atoms with van der Waals surface area (Å²) in [4.78, 5) is 24.6. The summed E-state index contributed by atoms with van der Waals surface area (Å²) in [6, 6.07) is 69.0. The molecule has 0 aliphatic heterocycles. The monoisotopic (exact) mass is 1150 g/mol. The van der Waals surface area contributed by atoms with E-state index in [4.69, 9.17) is 15.0 Å². The van der Waals surface area contributed by atoms with E-state index in [1.54, 1.807) is 0 Å². The van der Waals surface area contributed by atoms with Crippen LogP contribution in [0.25, 0.3) is 78.5 Å².